The number of hydrogen-bond donors (Lipinski definition) is 4. The number of aliphatic hydroxyl groups is 4. The first kappa shape index (κ1) is 49.2. The summed E-state index contributed by atoms with van der Waals surface area (Å²) in [5.41, 5.74) is 4.27. The van der Waals surface area contributed by atoms with E-state index >= 15 is 0 Å². The second-order valence-corrected chi connectivity index (χ2v) is 18.7. The predicted molar refractivity (Wildman–Crippen MR) is 244 cm³/mol. The Kier molecular flexibility index (Phi) is 17.5. The Morgan fingerprint density at radius 2 is 1.81 bits per heavy atom. The van der Waals surface area contributed by atoms with E-state index in [2.05, 4.69) is 31.6 Å². The lowest BCUT2D eigenvalue weighted by Gasteiger charge is -2.46. The van der Waals surface area contributed by atoms with Crippen molar-refractivity contribution < 1.29 is 44.2 Å². The molecule has 2 aliphatic rings. The molecule has 64 heavy (non-hydrogen) atoms. The van der Waals surface area contributed by atoms with Crippen LogP contribution < -0.4 is 0 Å². The molecule has 348 valence electrons. The van der Waals surface area contributed by atoms with Gasteiger partial charge in [0.05, 0.1) is 72.8 Å². The molecule has 3 aromatic heterocycles. The molecular weight excluding hydrogens is 837 g/mol. The Bertz CT molecular complexity index is 2180. The van der Waals surface area contributed by atoms with E-state index in [0.29, 0.717) is 38.9 Å². The number of likely N-dealkylation sites (N-methyl/N-ethyl adjacent to an activating group) is 1. The highest BCUT2D eigenvalue weighted by atomic mass is 32.1. The fraction of sp³-hybridized carbons (Fsp3) is 0.562. The summed E-state index contributed by atoms with van der Waals surface area (Å²) in [7, 11) is 3.53. The zero-order valence-electron chi connectivity index (χ0n) is 38.0. The Balaban J connectivity index is 1.34. The van der Waals surface area contributed by atoms with Crippen molar-refractivity contribution in [3.05, 3.63) is 94.6 Å². The first-order valence-electron chi connectivity index (χ1n) is 22.4. The fourth-order valence-electron chi connectivity index (χ4n) is 8.97. The summed E-state index contributed by atoms with van der Waals surface area (Å²) in [4.78, 5) is 36.1. The number of rotatable bonds is 13. The van der Waals surface area contributed by atoms with Gasteiger partial charge >= 0.3 is 5.97 Å². The van der Waals surface area contributed by atoms with Gasteiger partial charge in [-0.15, -0.1) is 5.10 Å². The molecule has 4 N–H and O–H groups in total. The van der Waals surface area contributed by atoms with E-state index < -0.39 is 78.6 Å². The number of pyridine rings is 1. The van der Waals surface area contributed by atoms with Crippen molar-refractivity contribution in [3.8, 4) is 5.69 Å². The number of nitrogens with zero attached hydrogens (tertiary/aromatic N) is 6. The minimum absolute atomic E-state index is 0.107. The molecule has 15 nitrogen and oxygen atoms in total. The van der Waals surface area contributed by atoms with Gasteiger partial charge in [0.1, 0.15) is 12.2 Å². The van der Waals surface area contributed by atoms with Crippen molar-refractivity contribution in [3.63, 3.8) is 0 Å². The molecule has 0 saturated carbocycles. The molecular formula is C48H66N6O9S. The summed E-state index contributed by atoms with van der Waals surface area (Å²) in [6.45, 7) is 10.4. The van der Waals surface area contributed by atoms with Crippen LogP contribution in [0.15, 0.2) is 83.4 Å². The second-order valence-electron chi connectivity index (χ2n) is 17.9. The molecule has 5 heterocycles. The summed E-state index contributed by atoms with van der Waals surface area (Å²) in [5, 5.41) is 59.1. The maximum absolute atomic E-state index is 13.9. The third-order valence-corrected chi connectivity index (χ3v) is 13.5. The Morgan fingerprint density at radius 3 is 2.53 bits per heavy atom. The number of hydrogen-bond acceptors (Lipinski definition) is 15. The fourth-order valence-corrected chi connectivity index (χ4v) is 9.63. The van der Waals surface area contributed by atoms with Crippen molar-refractivity contribution in [1.82, 2.24) is 29.8 Å². The Hall–Kier alpha value is -4.23. The van der Waals surface area contributed by atoms with Crippen LogP contribution in [0.5, 0.6) is 0 Å². The number of ketones is 1. The molecule has 1 saturated heterocycles. The number of thiophene rings is 1. The lowest BCUT2D eigenvalue weighted by molar-refractivity contribution is -0.304. The van der Waals surface area contributed by atoms with Gasteiger partial charge in [-0.2, -0.15) is 11.3 Å². The van der Waals surface area contributed by atoms with Crippen LogP contribution in [-0.2, 0) is 36.9 Å². The van der Waals surface area contributed by atoms with Gasteiger partial charge in [0.15, 0.2) is 12.1 Å². The SMILES string of the molecule is CC[C@H]1OC(=O)C[C@@H](O)[C@H](C)[C@@H](O[C@@H]2O[C@H](C)[C@@H](O)[C@H](N(C)C)[C@H]2O)[C@@H](CCN(Cc2ccsc2)Cc2cn(-c3cnc4ccccc4c3)nn2)C[C@@H](C)C(=O)/C=C/C(C)=C/[C@@H]1CO. The van der Waals surface area contributed by atoms with Gasteiger partial charge < -0.3 is 39.5 Å². The molecule has 0 bridgehead atoms. The molecule has 2 aliphatic heterocycles. The lowest BCUT2D eigenvalue weighted by Crippen LogP contribution is -2.63. The molecule has 16 heteroatoms. The Labute approximate surface area is 380 Å². The normalized spacial score (nSPS) is 31.5. The van der Waals surface area contributed by atoms with Crippen LogP contribution in [0.4, 0.5) is 0 Å². The van der Waals surface area contributed by atoms with Crippen LogP contribution in [0, 0.1) is 23.7 Å². The number of ether oxygens (including phenoxy) is 3. The monoisotopic (exact) mass is 902 g/mol. The van der Waals surface area contributed by atoms with Gasteiger partial charge in [0.25, 0.3) is 0 Å². The molecule has 0 spiro atoms. The molecule has 12 atom stereocenters. The van der Waals surface area contributed by atoms with Crippen LogP contribution in [0.25, 0.3) is 16.6 Å². The summed E-state index contributed by atoms with van der Waals surface area (Å²) in [5.74, 6) is -2.88. The predicted octanol–water partition coefficient (Wildman–Crippen LogP) is 5.10. The van der Waals surface area contributed by atoms with Crippen molar-refractivity contribution >= 4 is 34.0 Å². The molecule has 4 aromatic rings. The second kappa shape index (κ2) is 22.8. The summed E-state index contributed by atoms with van der Waals surface area (Å²) in [6, 6.07) is 11.3. The van der Waals surface area contributed by atoms with Crippen LogP contribution in [0.1, 0.15) is 71.6 Å². The molecule has 0 amide bonds. The first-order valence-corrected chi connectivity index (χ1v) is 23.3. The van der Waals surface area contributed by atoms with Crippen LogP contribution in [0.2, 0.25) is 0 Å². The number of esters is 1. The number of aromatic nitrogens is 4. The standard InChI is InChI=1S/C48H66N6O9S/c1-8-42-36(27-55)19-29(2)13-14-40(56)30(3)20-35(47(31(4)41(57)22-43(58)62-42)63-48-46(60)44(52(6)7)45(59)32(5)61-48)15-17-53(24-33-16-18-64-28-33)25-37-26-54(51-50-37)38-21-34-11-9-10-12-39(34)49-23-38/h9-14,16,18-19,21,23,26,28,30-32,35-36,41-42,44-48,55,57,59-60H,8,15,17,20,22,24-25,27H2,1-7H3/b14-13+,29-19+/t30-,31+,32-,35+,36-,41-,42-,44+,45-,46-,47-,48+/m1/s1. The summed E-state index contributed by atoms with van der Waals surface area (Å²) < 4.78 is 20.6. The van der Waals surface area contributed by atoms with Crippen molar-refractivity contribution in [2.75, 3.05) is 27.2 Å². The minimum atomic E-state index is -1.27. The van der Waals surface area contributed by atoms with E-state index in [0.717, 1.165) is 33.4 Å². The van der Waals surface area contributed by atoms with Crippen molar-refractivity contribution in [1.29, 1.82) is 0 Å². The van der Waals surface area contributed by atoms with Gasteiger partial charge in [-0.1, -0.05) is 61.9 Å². The van der Waals surface area contributed by atoms with E-state index in [1.54, 1.807) is 73.3 Å². The Morgan fingerprint density at radius 1 is 1.03 bits per heavy atom. The highest BCUT2D eigenvalue weighted by Crippen LogP contribution is 2.35. The highest BCUT2D eigenvalue weighted by molar-refractivity contribution is 7.07. The number of para-hydroxylation sites is 1. The van der Waals surface area contributed by atoms with Gasteiger partial charge in [-0.05, 0) is 100 Å². The summed E-state index contributed by atoms with van der Waals surface area (Å²) >= 11 is 1.61. The number of carbonyl (C=O) groups is 2. The molecule has 1 fully saturated rings. The molecule has 0 radical (unpaired) electrons. The number of carbonyl (C=O) groups excluding carboxylic acids is 2. The molecule has 6 rings (SSSR count). The largest absolute Gasteiger partial charge is 0.462 e. The molecule has 0 aliphatic carbocycles. The van der Waals surface area contributed by atoms with Gasteiger partial charge in [0.2, 0.25) is 0 Å². The zero-order chi connectivity index (χ0) is 46.1. The molecule has 0 unspecified atom stereocenters. The zero-order valence-corrected chi connectivity index (χ0v) is 38.8. The van der Waals surface area contributed by atoms with E-state index in [9.17, 15) is 30.0 Å². The van der Waals surface area contributed by atoms with E-state index in [-0.39, 0.29) is 18.8 Å². The number of allylic oxidation sites excluding steroid dienone is 3. The number of fused-ring (bicyclic) bond motifs is 1. The maximum atomic E-state index is 13.9. The first-order chi connectivity index (χ1) is 30.6. The van der Waals surface area contributed by atoms with Gasteiger partial charge in [0, 0.05) is 36.2 Å². The van der Waals surface area contributed by atoms with Crippen molar-refractivity contribution in [2.45, 2.75) is 122 Å². The quantitative estimate of drug-likeness (QED) is 0.130. The minimum Gasteiger partial charge on any atom is -0.462 e. The number of benzene rings is 1. The number of aliphatic hydroxyl groups excluding tert-OH is 4. The molecule has 1 aromatic carbocycles. The average Bonchev–Trinajstić information content (AvgIpc) is 3.98. The van der Waals surface area contributed by atoms with Crippen LogP contribution in [0.3, 0.4) is 0 Å². The van der Waals surface area contributed by atoms with E-state index in [1.165, 1.54) is 0 Å². The third kappa shape index (κ3) is 12.6. The summed E-state index contributed by atoms with van der Waals surface area (Å²) in [6.07, 6.45) is 2.69. The third-order valence-electron chi connectivity index (χ3n) is 12.7. The van der Waals surface area contributed by atoms with Gasteiger partial charge in [-0.25, -0.2) is 4.68 Å². The van der Waals surface area contributed by atoms with Gasteiger partial charge in [-0.3, -0.25) is 19.5 Å². The van der Waals surface area contributed by atoms with Crippen LogP contribution >= 0.6 is 11.3 Å². The van der Waals surface area contributed by atoms with E-state index in [4.69, 9.17) is 14.2 Å². The topological polar surface area (TPSA) is 193 Å². The van der Waals surface area contributed by atoms with E-state index in [1.807, 2.05) is 62.7 Å². The maximum Gasteiger partial charge on any atom is 0.308 e. The van der Waals surface area contributed by atoms with Crippen molar-refractivity contribution in [2.24, 2.45) is 23.7 Å². The smallest absolute Gasteiger partial charge is 0.308 e. The van der Waals surface area contributed by atoms with Crippen LogP contribution in [-0.4, -0.2) is 138 Å². The average molecular weight is 903 g/mol. The highest BCUT2D eigenvalue weighted by Gasteiger charge is 2.47. The lowest BCUT2D eigenvalue weighted by atomic mass is 9.79. The number of cyclic esters (lactones) is 1.